The van der Waals surface area contributed by atoms with Gasteiger partial charge < -0.3 is 20.0 Å². The molecular weight excluding hydrogens is 393 g/mol. The summed E-state index contributed by atoms with van der Waals surface area (Å²) in [5, 5.41) is 18.8. The largest absolute Gasteiger partial charge is 0.428 e. The monoisotopic (exact) mass is 415 g/mol. The van der Waals surface area contributed by atoms with Gasteiger partial charge in [-0.2, -0.15) is 0 Å². The number of aromatic nitrogens is 1. The maximum Gasteiger partial charge on any atom is 0.310 e. The molecule has 1 aromatic carbocycles. The van der Waals surface area contributed by atoms with Crippen LogP contribution < -0.4 is 5.32 Å². The van der Waals surface area contributed by atoms with Gasteiger partial charge in [0.15, 0.2) is 6.67 Å². The van der Waals surface area contributed by atoms with Crippen molar-refractivity contribution in [3.05, 3.63) is 42.2 Å². The van der Waals surface area contributed by atoms with Gasteiger partial charge in [0.05, 0.1) is 12.1 Å². The highest BCUT2D eigenvalue weighted by Crippen LogP contribution is 2.36. The standard InChI is InChI=1S/C21H22FN3O5/c1-12(2)20(19(27)24-17-8-18(26)29-21(17,28)11-22)9-16(25-30-20)14-5-3-4-13-6-7-23-10-15(13)14/h3-7,10,12,17,28H,8-9,11H2,1-2H3,(H,24,27)/t17-,20+,21-/m0/s1. The second-order valence-corrected chi connectivity index (χ2v) is 7.94. The number of alkyl halides is 1. The van der Waals surface area contributed by atoms with Crippen LogP contribution >= 0.6 is 0 Å². The molecule has 3 heterocycles. The SMILES string of the molecule is CC(C)[C@@]1(C(=O)N[C@H]2CC(=O)O[C@@]2(O)CF)CC(c2cccc3ccncc23)=NO1. The third kappa shape index (κ3) is 3.19. The molecule has 30 heavy (non-hydrogen) atoms. The number of aliphatic hydroxyl groups is 1. The van der Waals surface area contributed by atoms with Gasteiger partial charge in [0.2, 0.25) is 5.60 Å². The molecule has 2 N–H and O–H groups in total. The molecule has 4 rings (SSSR count). The van der Waals surface area contributed by atoms with Crippen molar-refractivity contribution in [2.45, 2.75) is 44.1 Å². The maximum atomic E-state index is 13.3. The molecule has 1 amide bonds. The van der Waals surface area contributed by atoms with Crippen LogP contribution in [0.2, 0.25) is 0 Å². The Morgan fingerprint density at radius 1 is 1.40 bits per heavy atom. The van der Waals surface area contributed by atoms with Crippen molar-refractivity contribution in [2.24, 2.45) is 11.1 Å². The zero-order valence-corrected chi connectivity index (χ0v) is 16.6. The number of nitrogens with one attached hydrogen (secondary N) is 1. The van der Waals surface area contributed by atoms with Crippen LogP contribution in [-0.2, 0) is 19.2 Å². The topological polar surface area (TPSA) is 110 Å². The highest BCUT2D eigenvalue weighted by Gasteiger charge is 2.55. The molecule has 0 bridgehead atoms. The molecule has 0 radical (unpaired) electrons. The van der Waals surface area contributed by atoms with Crippen molar-refractivity contribution in [1.29, 1.82) is 0 Å². The molecule has 0 spiro atoms. The van der Waals surface area contributed by atoms with Crippen molar-refractivity contribution in [3.8, 4) is 0 Å². The molecule has 9 heteroatoms. The molecule has 0 unspecified atom stereocenters. The number of fused-ring (bicyclic) bond motifs is 1. The van der Waals surface area contributed by atoms with Crippen LogP contribution in [0, 0.1) is 5.92 Å². The summed E-state index contributed by atoms with van der Waals surface area (Å²) in [5.74, 6) is -4.06. The first kappa shape index (κ1) is 20.2. The molecule has 0 saturated carbocycles. The number of nitrogens with zero attached hydrogens (tertiary/aromatic N) is 2. The first-order chi connectivity index (χ1) is 14.3. The van der Waals surface area contributed by atoms with Crippen molar-refractivity contribution in [2.75, 3.05) is 6.67 Å². The number of cyclic esters (lactones) is 1. The highest BCUT2D eigenvalue weighted by atomic mass is 19.1. The van der Waals surface area contributed by atoms with Gasteiger partial charge in [0.25, 0.3) is 11.7 Å². The van der Waals surface area contributed by atoms with E-state index in [1.54, 1.807) is 26.2 Å². The van der Waals surface area contributed by atoms with Crippen LogP contribution in [-0.4, -0.2) is 51.8 Å². The number of amides is 1. The first-order valence-electron chi connectivity index (χ1n) is 9.68. The number of carbonyl (C=O) groups is 2. The van der Waals surface area contributed by atoms with E-state index in [-0.39, 0.29) is 18.8 Å². The van der Waals surface area contributed by atoms with Gasteiger partial charge in [-0.15, -0.1) is 0 Å². The number of benzene rings is 1. The Hall–Kier alpha value is -3.07. The second kappa shape index (κ2) is 7.32. The van der Waals surface area contributed by atoms with Gasteiger partial charge in [0.1, 0.15) is 6.04 Å². The number of halogens is 1. The van der Waals surface area contributed by atoms with Gasteiger partial charge in [0, 0.05) is 35.7 Å². The summed E-state index contributed by atoms with van der Waals surface area (Å²) < 4.78 is 17.9. The third-order valence-corrected chi connectivity index (χ3v) is 5.76. The zero-order chi connectivity index (χ0) is 21.5. The molecular formula is C21H22FN3O5. The Morgan fingerprint density at radius 3 is 2.93 bits per heavy atom. The molecule has 2 aliphatic rings. The minimum Gasteiger partial charge on any atom is -0.428 e. The summed E-state index contributed by atoms with van der Waals surface area (Å²) in [6, 6.07) is 6.39. The van der Waals surface area contributed by atoms with Crippen LogP contribution in [0.15, 0.2) is 41.8 Å². The van der Waals surface area contributed by atoms with Crippen LogP contribution in [0.3, 0.4) is 0 Å². The van der Waals surface area contributed by atoms with E-state index in [1.807, 2.05) is 24.3 Å². The predicted molar refractivity (Wildman–Crippen MR) is 105 cm³/mol. The van der Waals surface area contributed by atoms with Gasteiger partial charge in [-0.3, -0.25) is 14.6 Å². The van der Waals surface area contributed by atoms with Crippen molar-refractivity contribution >= 4 is 28.4 Å². The van der Waals surface area contributed by atoms with Gasteiger partial charge in [-0.1, -0.05) is 37.2 Å². The average molecular weight is 415 g/mol. The lowest BCUT2D eigenvalue weighted by Crippen LogP contribution is -2.58. The van der Waals surface area contributed by atoms with Gasteiger partial charge in [-0.25, -0.2) is 4.39 Å². The number of carbonyl (C=O) groups excluding carboxylic acids is 2. The lowest BCUT2D eigenvalue weighted by Gasteiger charge is -2.32. The number of oxime groups is 1. The van der Waals surface area contributed by atoms with E-state index < -0.39 is 36.0 Å². The van der Waals surface area contributed by atoms with Crippen LogP contribution in [0.5, 0.6) is 0 Å². The fourth-order valence-corrected chi connectivity index (χ4v) is 3.85. The molecule has 1 saturated heterocycles. The Morgan fingerprint density at radius 2 is 2.20 bits per heavy atom. The van der Waals surface area contributed by atoms with Crippen LogP contribution in [0.4, 0.5) is 4.39 Å². The summed E-state index contributed by atoms with van der Waals surface area (Å²) in [6.45, 7) is 2.28. The number of esters is 1. The average Bonchev–Trinajstić information content (AvgIpc) is 3.30. The predicted octanol–water partition coefficient (Wildman–Crippen LogP) is 1.84. The van der Waals surface area contributed by atoms with E-state index in [9.17, 15) is 19.1 Å². The minimum atomic E-state index is -2.38. The molecule has 2 aromatic rings. The summed E-state index contributed by atoms with van der Waals surface area (Å²) >= 11 is 0. The Bertz CT molecular complexity index is 1040. The zero-order valence-electron chi connectivity index (χ0n) is 16.6. The number of hydrogen-bond acceptors (Lipinski definition) is 7. The maximum absolute atomic E-state index is 13.3. The number of hydrogen-bond donors (Lipinski definition) is 2. The number of rotatable bonds is 5. The van der Waals surface area contributed by atoms with Gasteiger partial charge in [-0.05, 0) is 11.5 Å². The lowest BCUT2D eigenvalue weighted by atomic mass is 9.82. The fraction of sp³-hybridized carbons (Fsp3) is 0.429. The molecule has 1 aromatic heterocycles. The number of ether oxygens (including phenoxy) is 1. The van der Waals surface area contributed by atoms with Crippen molar-refractivity contribution < 1.29 is 28.7 Å². The quantitative estimate of drug-likeness (QED) is 0.721. The van der Waals surface area contributed by atoms with E-state index in [2.05, 4.69) is 20.2 Å². The smallest absolute Gasteiger partial charge is 0.310 e. The summed E-state index contributed by atoms with van der Waals surface area (Å²) in [5.41, 5.74) is 0.00951. The van der Waals surface area contributed by atoms with Crippen molar-refractivity contribution in [3.63, 3.8) is 0 Å². The number of pyridine rings is 1. The normalized spacial score (nSPS) is 28.4. The Kier molecular flexibility index (Phi) is 4.93. The minimum absolute atomic E-state index is 0.167. The molecule has 0 aliphatic carbocycles. The van der Waals surface area contributed by atoms with Crippen molar-refractivity contribution in [1.82, 2.24) is 10.3 Å². The van der Waals surface area contributed by atoms with E-state index in [4.69, 9.17) is 4.84 Å². The van der Waals surface area contributed by atoms with Gasteiger partial charge >= 0.3 is 5.97 Å². The lowest BCUT2D eigenvalue weighted by molar-refractivity contribution is -0.202. The second-order valence-electron chi connectivity index (χ2n) is 7.94. The Balaban J connectivity index is 1.61. The van der Waals surface area contributed by atoms with E-state index in [0.717, 1.165) is 16.3 Å². The molecule has 2 aliphatic heterocycles. The highest BCUT2D eigenvalue weighted by molar-refractivity contribution is 6.13. The Labute approximate surface area is 172 Å². The van der Waals surface area contributed by atoms with Crippen LogP contribution in [0.1, 0.15) is 32.3 Å². The van der Waals surface area contributed by atoms with E-state index in [1.165, 1.54) is 0 Å². The van der Waals surface area contributed by atoms with E-state index in [0.29, 0.717) is 5.71 Å². The molecule has 1 fully saturated rings. The molecule has 158 valence electrons. The summed E-state index contributed by atoms with van der Waals surface area (Å²) in [7, 11) is 0. The third-order valence-electron chi connectivity index (χ3n) is 5.76. The van der Waals surface area contributed by atoms with E-state index >= 15 is 0 Å². The summed E-state index contributed by atoms with van der Waals surface area (Å²) in [4.78, 5) is 34.6. The fourth-order valence-electron chi connectivity index (χ4n) is 3.85. The van der Waals surface area contributed by atoms with Crippen LogP contribution in [0.25, 0.3) is 10.8 Å². The molecule has 8 nitrogen and oxygen atoms in total. The molecule has 3 atom stereocenters. The first-order valence-corrected chi connectivity index (χ1v) is 9.68. The summed E-state index contributed by atoms with van der Waals surface area (Å²) in [6.07, 6.45) is 3.26.